The van der Waals surface area contributed by atoms with Gasteiger partial charge in [0.25, 0.3) is 11.8 Å². The second-order valence-electron chi connectivity index (χ2n) is 28.1. The summed E-state index contributed by atoms with van der Waals surface area (Å²) < 4.78 is 60.4. The van der Waals surface area contributed by atoms with Crippen LogP contribution < -0.4 is 91.3 Å². The van der Waals surface area contributed by atoms with E-state index >= 15 is 0 Å². The van der Waals surface area contributed by atoms with Crippen molar-refractivity contribution in [2.75, 3.05) is 174 Å². The number of hydrogen-bond acceptors (Lipinski definition) is 21. The van der Waals surface area contributed by atoms with E-state index in [1.165, 1.54) is 48.5 Å². The molecule has 2 aliphatic heterocycles. The summed E-state index contributed by atoms with van der Waals surface area (Å²) >= 11 is 0. The molecule has 0 saturated carbocycles. The lowest BCUT2D eigenvalue weighted by atomic mass is 10.1. The number of piperidine rings is 1. The number of anilines is 3. The topological polar surface area (TPSA) is 381 Å². The summed E-state index contributed by atoms with van der Waals surface area (Å²) in [5.41, 5.74) is 21.0. The van der Waals surface area contributed by atoms with Crippen molar-refractivity contribution >= 4 is 52.9 Å². The van der Waals surface area contributed by atoms with E-state index < -0.39 is 18.0 Å². The minimum atomic E-state index is -0.552. The molecule has 0 atom stereocenters. The third-order valence-electron chi connectivity index (χ3n) is 18.1. The molecule has 0 spiro atoms. The number of rotatable bonds is 23. The summed E-state index contributed by atoms with van der Waals surface area (Å²) in [4.78, 5) is 70.5. The SMILES string of the molecule is CN(C)C(=O)Nc1ccccc1.CNC(=O)c1ccccc1.COCCN1CCCCC1.COCc1ccccc1.COc1ccc(OC)cc1.COc1cccc(OC)c1.COc1cccc(OC)c1OC.COc1ccccc1OC.NC(=O)CNC(=O)c1ccccc1.NC(=O)NCc1ccccc1.NC(=O)Nc1ccccc1.Oc1ccccc1.c1ccc(N2CCOCC2)cc1. The Morgan fingerprint density at radius 3 is 1.15 bits per heavy atom. The maximum absolute atomic E-state index is 11.2. The predicted octanol–water partition coefficient (Wildman–Crippen LogP) is 17.5. The van der Waals surface area contributed by atoms with E-state index in [4.69, 9.17) is 79.1 Å². The number of amides is 9. The van der Waals surface area contributed by atoms with Gasteiger partial charge >= 0.3 is 18.1 Å². The number of likely N-dealkylation sites (tertiary alicyclic amines) is 1. The number of methoxy groups -OCH3 is 11. The Kier molecular flexibility index (Phi) is 65.2. The molecule has 30 heteroatoms. The monoisotopic (exact) mass is 1870 g/mol. The molecule has 0 aromatic heterocycles. The van der Waals surface area contributed by atoms with Gasteiger partial charge in [0, 0.05) is 95.8 Å². The summed E-state index contributed by atoms with van der Waals surface area (Å²) in [5, 5.41) is 21.2. The van der Waals surface area contributed by atoms with Gasteiger partial charge < -0.3 is 120 Å². The third-order valence-corrected chi connectivity index (χ3v) is 18.1. The number of nitrogens with two attached hydrogens (primary N) is 3. The van der Waals surface area contributed by atoms with Crippen LogP contribution >= 0.6 is 0 Å². The van der Waals surface area contributed by atoms with Crippen molar-refractivity contribution in [2.24, 2.45) is 17.2 Å². The third kappa shape index (κ3) is 56.3. The smallest absolute Gasteiger partial charge is 0.321 e. The fourth-order valence-electron chi connectivity index (χ4n) is 11.1. The van der Waals surface area contributed by atoms with E-state index in [-0.39, 0.29) is 24.4 Å². The molecule has 9 amide bonds. The molecular formula is C106H137N11O19. The molecule has 2 fully saturated rings. The van der Waals surface area contributed by atoms with Crippen molar-refractivity contribution in [2.45, 2.75) is 32.4 Å². The Morgan fingerprint density at radius 2 is 0.772 bits per heavy atom. The van der Waals surface area contributed by atoms with Crippen LogP contribution in [0.5, 0.6) is 57.5 Å². The standard InChI is InChI=1S/C10H13NO.C9H10N2O2.C9H12N2O.C9H12O3.C8H10N2O.C8H17NO.C8H9NO.3C8H10O2.C8H10O.C7H8N2O.C6H6O/c1-2-4-10(5-3-1)11-6-8-12-9-7-11;10-8(12)6-11-9(13)7-4-2-1-3-5-7;1-11(2)9(12)10-8-6-4-3-5-7-8;1-10-7-5-4-6-8(11-2)9(7)12-3;9-8(11)10-6-7-4-2-1-3-5-7;1-10-8-7-9-5-3-2-4-6-9;1-9-8(10)7-5-3-2-4-6-7;1-9-7-3-5-8(10-2)6-4-7;1-9-7-4-3-5-8(6-7)10-2;1-9-7-5-3-4-6-8(7)10-2;1-9-7-8-5-3-2-4-6-8;8-7(10)9-6-4-2-1-3-5-6;7-6-4-2-1-3-5-6/h1-5H,6-9H2;1-5H,6H2,(H2,10,12)(H,11,13);3-7H,1-2H3,(H,10,12);4-6H,1-3H3;1-5H,6H2,(H3,9,10,11);2-8H2,1H3;2-6H,1H3,(H,9,10);3*3-6H,1-2H3;2-6H,7H2,1H3;1-5H,(H3,8,9,10);1-5,7H. The van der Waals surface area contributed by atoms with Gasteiger partial charge in [-0.1, -0.05) is 201 Å². The molecule has 12 aromatic carbocycles. The number of primary amides is 3. The summed E-state index contributed by atoms with van der Waals surface area (Å²) in [6, 6.07) is 102. The van der Waals surface area contributed by atoms with Crippen LogP contribution in [0, 0.1) is 0 Å². The van der Waals surface area contributed by atoms with Crippen molar-refractivity contribution in [1.29, 1.82) is 0 Å². The van der Waals surface area contributed by atoms with Crippen molar-refractivity contribution < 1.29 is 90.7 Å². The molecule has 0 aliphatic carbocycles. The van der Waals surface area contributed by atoms with Gasteiger partial charge in [-0.15, -0.1) is 0 Å². The van der Waals surface area contributed by atoms with Crippen molar-refractivity contribution in [3.8, 4) is 57.5 Å². The maximum atomic E-state index is 11.2. The predicted molar refractivity (Wildman–Crippen MR) is 541 cm³/mol. The molecule has 2 heterocycles. The van der Waals surface area contributed by atoms with E-state index in [2.05, 4.69) is 60.6 Å². The molecule has 30 nitrogen and oxygen atoms in total. The number of carbonyl (C=O) groups excluding carboxylic acids is 6. The Hall–Kier alpha value is -15.5. The molecule has 136 heavy (non-hydrogen) atoms. The zero-order valence-electron chi connectivity index (χ0n) is 80.5. The van der Waals surface area contributed by atoms with Gasteiger partial charge in [0.1, 0.15) is 28.7 Å². The Morgan fingerprint density at radius 1 is 0.382 bits per heavy atom. The van der Waals surface area contributed by atoms with Gasteiger partial charge in [-0.05, 0) is 171 Å². The first-order chi connectivity index (χ1) is 66.0. The average molecular weight is 1870 g/mol. The van der Waals surface area contributed by atoms with Gasteiger partial charge in [0.2, 0.25) is 11.7 Å². The lowest BCUT2D eigenvalue weighted by Gasteiger charge is -2.28. The van der Waals surface area contributed by atoms with Crippen LogP contribution in [0.3, 0.4) is 0 Å². The van der Waals surface area contributed by atoms with E-state index in [0.29, 0.717) is 47.3 Å². The number of para-hydroxylation sites is 7. The fraction of sp³-hybridized carbons (Fsp3) is 0.264. The molecule has 2 saturated heterocycles. The minimum absolute atomic E-state index is 0.0411. The molecule has 12 aromatic rings. The number of phenolic OH excluding ortho intramolecular Hbond substituents is 1. The highest BCUT2D eigenvalue weighted by Gasteiger charge is 2.13. The van der Waals surface area contributed by atoms with Crippen LogP contribution in [0.25, 0.3) is 0 Å². The quantitative estimate of drug-likeness (QED) is 0.0287. The largest absolute Gasteiger partial charge is 0.508 e. The second-order valence-corrected chi connectivity index (χ2v) is 28.1. The van der Waals surface area contributed by atoms with E-state index in [9.17, 15) is 28.8 Å². The van der Waals surface area contributed by atoms with Gasteiger partial charge in [0.15, 0.2) is 23.0 Å². The second kappa shape index (κ2) is 76.1. The summed E-state index contributed by atoms with van der Waals surface area (Å²) in [6.45, 7) is 9.39. The highest BCUT2D eigenvalue weighted by atomic mass is 16.5. The highest BCUT2D eigenvalue weighted by Crippen LogP contribution is 2.36. The molecule has 0 radical (unpaired) electrons. The number of aromatic hydroxyl groups is 1. The van der Waals surface area contributed by atoms with Crippen LogP contribution in [0.4, 0.5) is 31.4 Å². The zero-order chi connectivity index (χ0) is 99.8. The van der Waals surface area contributed by atoms with E-state index in [1.807, 2.05) is 237 Å². The lowest BCUT2D eigenvalue weighted by molar-refractivity contribution is -0.117. The zero-order valence-corrected chi connectivity index (χ0v) is 80.5. The van der Waals surface area contributed by atoms with Gasteiger partial charge in [-0.25, -0.2) is 14.4 Å². The van der Waals surface area contributed by atoms with Crippen molar-refractivity contribution in [3.05, 3.63) is 356 Å². The minimum Gasteiger partial charge on any atom is -0.508 e. The van der Waals surface area contributed by atoms with Gasteiger partial charge in [-0.2, -0.15) is 0 Å². The Labute approximate surface area is 802 Å². The summed E-state index contributed by atoms with van der Waals surface area (Å²) in [5.74, 6) is 6.29. The van der Waals surface area contributed by atoms with E-state index in [0.717, 1.165) is 90.9 Å². The number of benzene rings is 12. The van der Waals surface area contributed by atoms with E-state index in [1.54, 1.807) is 172 Å². The lowest BCUT2D eigenvalue weighted by Crippen LogP contribution is -2.36. The number of nitrogens with one attached hydrogen (secondary N) is 5. The highest BCUT2D eigenvalue weighted by molar-refractivity contribution is 5.96. The summed E-state index contributed by atoms with van der Waals surface area (Å²) in [7, 11) is 23.1. The van der Waals surface area contributed by atoms with Crippen LogP contribution in [-0.2, 0) is 32.2 Å². The number of morpholine rings is 1. The molecule has 12 N–H and O–H groups in total. The summed E-state index contributed by atoms with van der Waals surface area (Å²) in [6.07, 6.45) is 4.18. The fourth-order valence-corrected chi connectivity index (χ4v) is 11.1. The van der Waals surface area contributed by atoms with Crippen LogP contribution in [-0.4, -0.2) is 209 Å². The first kappa shape index (κ1) is 117. The number of urea groups is 3. The number of nitrogens with zero attached hydrogens (tertiary/aromatic N) is 3. The number of phenols is 1. The number of carbonyl (C=O) groups is 6. The Balaban J connectivity index is 0.000000499. The molecule has 0 bridgehead atoms. The first-order valence-electron chi connectivity index (χ1n) is 43.2. The van der Waals surface area contributed by atoms with Crippen LogP contribution in [0.1, 0.15) is 51.1 Å². The van der Waals surface area contributed by atoms with Gasteiger partial charge in [-0.3, -0.25) is 14.4 Å². The molecular weight excluding hydrogens is 1730 g/mol. The Bertz CT molecular complexity index is 4940. The van der Waals surface area contributed by atoms with Crippen molar-refractivity contribution in [3.63, 3.8) is 0 Å². The number of hydrogen-bond donors (Lipinski definition) is 9. The number of ether oxygens (including phenoxy) is 12. The van der Waals surface area contributed by atoms with Crippen LogP contribution in [0.15, 0.2) is 334 Å². The molecule has 730 valence electrons. The first-order valence-corrected chi connectivity index (χ1v) is 43.2. The van der Waals surface area contributed by atoms with Crippen molar-refractivity contribution in [1.82, 2.24) is 25.8 Å². The molecule has 2 aliphatic rings. The average Bonchev–Trinajstić information content (AvgIpc) is 0.778. The van der Waals surface area contributed by atoms with Gasteiger partial charge in [0.05, 0.1) is 97.0 Å². The normalized spacial score (nSPS) is 10.7. The molecule has 14 rings (SSSR count). The maximum Gasteiger partial charge on any atom is 0.321 e. The molecule has 0 unspecified atom stereocenters. The van der Waals surface area contributed by atoms with Crippen LogP contribution in [0.2, 0.25) is 0 Å².